The van der Waals surface area contributed by atoms with Gasteiger partial charge < -0.3 is 10.1 Å². The molecule has 2 heterocycles. The van der Waals surface area contributed by atoms with Gasteiger partial charge in [-0.25, -0.2) is 4.98 Å². The molecule has 1 aliphatic heterocycles. The minimum Gasteiger partial charge on any atom is -0.434 e. The van der Waals surface area contributed by atoms with Crippen LogP contribution >= 0.6 is 11.6 Å². The van der Waals surface area contributed by atoms with Crippen molar-refractivity contribution in [3.63, 3.8) is 0 Å². The molecular formula is C23H16ClF2N3O. The maximum absolute atomic E-state index is 13.1. The molecule has 5 rings (SSSR count). The topological polar surface area (TPSA) is 39.1 Å². The fourth-order valence-electron chi connectivity index (χ4n) is 3.76. The number of rotatable bonds is 4. The van der Waals surface area contributed by atoms with Gasteiger partial charge in [-0.15, -0.1) is 0 Å². The van der Waals surface area contributed by atoms with E-state index in [9.17, 15) is 8.78 Å². The number of para-hydroxylation sites is 3. The van der Waals surface area contributed by atoms with E-state index in [0.717, 1.165) is 22.3 Å². The summed E-state index contributed by atoms with van der Waals surface area (Å²) in [7, 11) is 0. The Balaban J connectivity index is 1.71. The Hall–Kier alpha value is -3.38. The van der Waals surface area contributed by atoms with E-state index in [2.05, 4.69) is 5.32 Å². The van der Waals surface area contributed by atoms with Gasteiger partial charge in [0.05, 0.1) is 17.1 Å². The number of hydrogen-bond acceptors (Lipinski definition) is 3. The number of ether oxygens (including phenoxy) is 1. The van der Waals surface area contributed by atoms with Crippen molar-refractivity contribution >= 4 is 34.3 Å². The Bertz CT molecular complexity index is 1250. The highest BCUT2D eigenvalue weighted by molar-refractivity contribution is 6.30. The number of allylic oxidation sites excluding steroid dienone is 1. The standard InChI is InChI=1S/C23H16ClF2N3O/c24-15-11-9-14(10-12-15)18-13-20(16-5-1-4-8-21(16)30-22(25)26)29-19-7-3-2-6-17(19)27-23(29)28-18/h1-13,20,22H,(H,27,28)/t20-/m0/s1. The smallest absolute Gasteiger partial charge is 0.387 e. The molecule has 30 heavy (non-hydrogen) atoms. The summed E-state index contributed by atoms with van der Waals surface area (Å²) < 4.78 is 32.9. The quantitative estimate of drug-likeness (QED) is 0.416. The van der Waals surface area contributed by atoms with Gasteiger partial charge in [-0.1, -0.05) is 54.1 Å². The second-order valence-electron chi connectivity index (χ2n) is 6.87. The zero-order chi connectivity index (χ0) is 20.7. The van der Waals surface area contributed by atoms with Crippen LogP contribution < -0.4 is 10.1 Å². The Morgan fingerprint density at radius 2 is 1.70 bits per heavy atom. The lowest BCUT2D eigenvalue weighted by molar-refractivity contribution is -0.0505. The van der Waals surface area contributed by atoms with Gasteiger partial charge in [0.2, 0.25) is 5.95 Å². The number of hydrogen-bond donors (Lipinski definition) is 1. The van der Waals surface area contributed by atoms with Crippen LogP contribution in [0.25, 0.3) is 16.7 Å². The van der Waals surface area contributed by atoms with Crippen LogP contribution in [0, 0.1) is 0 Å². The molecule has 0 radical (unpaired) electrons. The largest absolute Gasteiger partial charge is 0.434 e. The molecule has 0 saturated heterocycles. The molecule has 1 atom stereocenters. The first-order valence-electron chi connectivity index (χ1n) is 9.35. The van der Waals surface area contributed by atoms with Gasteiger partial charge >= 0.3 is 6.61 Å². The van der Waals surface area contributed by atoms with Crippen LogP contribution in [0.3, 0.4) is 0 Å². The van der Waals surface area contributed by atoms with Crippen LogP contribution in [0.1, 0.15) is 17.2 Å². The first-order valence-corrected chi connectivity index (χ1v) is 9.73. The number of halogens is 3. The minimum absolute atomic E-state index is 0.134. The third-order valence-corrected chi connectivity index (χ3v) is 5.31. The number of aromatic nitrogens is 2. The number of imidazole rings is 1. The van der Waals surface area contributed by atoms with Crippen LogP contribution in [-0.2, 0) is 0 Å². The molecule has 150 valence electrons. The number of anilines is 1. The molecule has 4 nitrogen and oxygen atoms in total. The Labute approximate surface area is 176 Å². The summed E-state index contributed by atoms with van der Waals surface area (Å²) in [6, 6.07) is 21.6. The highest BCUT2D eigenvalue weighted by Crippen LogP contribution is 2.40. The van der Waals surface area contributed by atoms with E-state index in [-0.39, 0.29) is 5.75 Å². The average Bonchev–Trinajstić information content (AvgIpc) is 3.12. The number of fused-ring (bicyclic) bond motifs is 3. The third kappa shape index (κ3) is 3.29. The molecule has 1 aromatic heterocycles. The fourth-order valence-corrected chi connectivity index (χ4v) is 3.89. The van der Waals surface area contributed by atoms with Crippen LogP contribution in [-0.4, -0.2) is 16.2 Å². The van der Waals surface area contributed by atoms with Gasteiger partial charge in [0.25, 0.3) is 0 Å². The lowest BCUT2D eigenvalue weighted by atomic mass is 10.00. The predicted octanol–water partition coefficient (Wildman–Crippen LogP) is 6.35. The van der Waals surface area contributed by atoms with E-state index in [1.165, 1.54) is 0 Å². The van der Waals surface area contributed by atoms with Crippen LogP contribution in [0.5, 0.6) is 5.75 Å². The molecule has 7 heteroatoms. The first kappa shape index (κ1) is 18.6. The monoisotopic (exact) mass is 423 g/mol. The zero-order valence-corrected chi connectivity index (χ0v) is 16.4. The van der Waals surface area contributed by atoms with Gasteiger partial charge in [-0.2, -0.15) is 8.78 Å². The lowest BCUT2D eigenvalue weighted by Gasteiger charge is -2.27. The van der Waals surface area contributed by atoms with Gasteiger partial charge in [-0.3, -0.25) is 4.57 Å². The maximum atomic E-state index is 13.1. The van der Waals surface area contributed by atoms with Crippen molar-refractivity contribution in [2.75, 3.05) is 5.32 Å². The van der Waals surface area contributed by atoms with Crippen molar-refractivity contribution < 1.29 is 13.5 Å². The highest BCUT2D eigenvalue weighted by atomic mass is 35.5. The van der Waals surface area contributed by atoms with Crippen molar-refractivity contribution in [2.45, 2.75) is 12.7 Å². The second-order valence-corrected chi connectivity index (χ2v) is 7.30. The van der Waals surface area contributed by atoms with E-state index in [0.29, 0.717) is 16.5 Å². The molecule has 0 amide bonds. The summed E-state index contributed by atoms with van der Waals surface area (Å²) >= 11 is 6.03. The molecule has 0 fully saturated rings. The van der Waals surface area contributed by atoms with Crippen molar-refractivity contribution in [3.05, 3.63) is 95.0 Å². The summed E-state index contributed by atoms with van der Waals surface area (Å²) in [5, 5.41) is 4.00. The highest BCUT2D eigenvalue weighted by Gasteiger charge is 2.27. The molecular weight excluding hydrogens is 408 g/mol. The minimum atomic E-state index is -2.91. The Morgan fingerprint density at radius 3 is 2.50 bits per heavy atom. The third-order valence-electron chi connectivity index (χ3n) is 5.05. The molecule has 0 unspecified atom stereocenters. The summed E-state index contributed by atoms with van der Waals surface area (Å²) in [6.45, 7) is -2.91. The predicted molar refractivity (Wildman–Crippen MR) is 114 cm³/mol. The molecule has 0 saturated carbocycles. The van der Waals surface area contributed by atoms with E-state index in [1.54, 1.807) is 30.3 Å². The van der Waals surface area contributed by atoms with E-state index in [1.807, 2.05) is 53.1 Å². The van der Waals surface area contributed by atoms with E-state index >= 15 is 0 Å². The van der Waals surface area contributed by atoms with Gasteiger partial charge in [-0.05, 0) is 42.0 Å². The average molecular weight is 424 g/mol. The molecule has 1 aliphatic rings. The van der Waals surface area contributed by atoms with Crippen LogP contribution in [0.15, 0.2) is 78.9 Å². The van der Waals surface area contributed by atoms with Crippen molar-refractivity contribution in [2.24, 2.45) is 0 Å². The summed E-state index contributed by atoms with van der Waals surface area (Å²) in [5.74, 6) is 0.760. The maximum Gasteiger partial charge on any atom is 0.387 e. The second kappa shape index (κ2) is 7.46. The first-order chi connectivity index (χ1) is 14.6. The number of nitrogens with zero attached hydrogens (tertiary/aromatic N) is 2. The SMILES string of the molecule is FC(F)Oc1ccccc1[C@@H]1C=C(c2ccc(Cl)cc2)Nc2nc3ccccc3n21. The lowest BCUT2D eigenvalue weighted by Crippen LogP contribution is -2.20. The van der Waals surface area contributed by atoms with E-state index in [4.69, 9.17) is 21.3 Å². The summed E-state index contributed by atoms with van der Waals surface area (Å²) in [5.41, 5.74) is 4.04. The van der Waals surface area contributed by atoms with Gasteiger partial charge in [0, 0.05) is 16.3 Å². The number of nitrogens with one attached hydrogen (secondary N) is 1. The van der Waals surface area contributed by atoms with E-state index < -0.39 is 12.7 Å². The zero-order valence-electron chi connectivity index (χ0n) is 15.6. The summed E-state index contributed by atoms with van der Waals surface area (Å²) in [4.78, 5) is 4.71. The Kier molecular flexibility index (Phi) is 4.64. The molecule has 1 N–H and O–H groups in total. The fraction of sp³-hybridized carbons (Fsp3) is 0.0870. The van der Waals surface area contributed by atoms with Crippen molar-refractivity contribution in [1.29, 1.82) is 0 Å². The summed E-state index contributed by atoms with van der Waals surface area (Å²) in [6.07, 6.45) is 1.98. The molecule has 0 spiro atoms. The molecule has 0 bridgehead atoms. The van der Waals surface area contributed by atoms with Gasteiger partial charge in [0.1, 0.15) is 5.75 Å². The molecule has 0 aliphatic carbocycles. The molecule has 3 aromatic carbocycles. The molecule has 4 aromatic rings. The van der Waals surface area contributed by atoms with Crippen molar-refractivity contribution in [3.8, 4) is 5.75 Å². The Morgan fingerprint density at radius 1 is 0.967 bits per heavy atom. The normalized spacial score (nSPS) is 15.6. The van der Waals surface area contributed by atoms with Crippen LogP contribution in [0.4, 0.5) is 14.7 Å². The van der Waals surface area contributed by atoms with Gasteiger partial charge in [0.15, 0.2) is 0 Å². The van der Waals surface area contributed by atoms with Crippen LogP contribution in [0.2, 0.25) is 5.02 Å². The number of alkyl halides is 2. The van der Waals surface area contributed by atoms with Crippen molar-refractivity contribution in [1.82, 2.24) is 9.55 Å². The number of benzene rings is 3.